The minimum absolute atomic E-state index is 0.224. The van der Waals surface area contributed by atoms with Gasteiger partial charge in [0.1, 0.15) is 5.82 Å². The number of fused-ring (bicyclic) bond motifs is 1. The molecular formula is C17H16N4O2S. The number of primary amides is 1. The van der Waals surface area contributed by atoms with Gasteiger partial charge < -0.3 is 5.73 Å². The zero-order chi connectivity index (χ0) is 17.3. The van der Waals surface area contributed by atoms with E-state index in [1.807, 2.05) is 19.1 Å². The Balaban J connectivity index is 2.29. The molecule has 0 saturated heterocycles. The van der Waals surface area contributed by atoms with E-state index in [2.05, 4.69) is 9.97 Å². The second-order valence-corrected chi connectivity index (χ2v) is 6.71. The molecule has 3 aromatic rings. The number of rotatable bonds is 4. The number of carbonyl (C=O) groups excluding carboxylic acids is 1. The number of pyridine rings is 1. The predicted octanol–water partition coefficient (Wildman–Crippen LogP) is 2.06. The van der Waals surface area contributed by atoms with Crippen LogP contribution in [-0.4, -0.2) is 25.7 Å². The summed E-state index contributed by atoms with van der Waals surface area (Å²) in [6.45, 7) is 3.60. The minimum Gasteiger partial charge on any atom is -0.369 e. The normalized spacial score (nSPS) is 12.2. The van der Waals surface area contributed by atoms with Crippen molar-refractivity contribution in [1.82, 2.24) is 14.5 Å². The molecule has 0 aliphatic rings. The van der Waals surface area contributed by atoms with Gasteiger partial charge in [0.25, 0.3) is 5.56 Å². The van der Waals surface area contributed by atoms with E-state index < -0.39 is 11.2 Å². The lowest BCUT2D eigenvalue weighted by Crippen LogP contribution is -2.27. The highest BCUT2D eigenvalue weighted by Crippen LogP contribution is 2.24. The third kappa shape index (κ3) is 3.03. The van der Waals surface area contributed by atoms with Crippen LogP contribution in [0.4, 0.5) is 0 Å². The Hall–Kier alpha value is -2.67. The first-order valence-corrected chi connectivity index (χ1v) is 8.26. The maximum absolute atomic E-state index is 13.0. The van der Waals surface area contributed by atoms with Crippen molar-refractivity contribution in [2.75, 3.05) is 0 Å². The molecule has 7 heteroatoms. The van der Waals surface area contributed by atoms with E-state index in [9.17, 15) is 9.59 Å². The number of benzene rings is 1. The number of aromatic nitrogens is 3. The van der Waals surface area contributed by atoms with Crippen LogP contribution in [0.15, 0.2) is 52.5 Å². The van der Waals surface area contributed by atoms with E-state index in [1.165, 1.54) is 4.57 Å². The molecule has 1 atom stereocenters. The molecule has 0 spiro atoms. The fraction of sp³-hybridized carbons (Fsp3) is 0.176. The molecule has 1 aromatic carbocycles. The summed E-state index contributed by atoms with van der Waals surface area (Å²) in [7, 11) is 0. The summed E-state index contributed by atoms with van der Waals surface area (Å²) in [4.78, 5) is 33.2. The molecule has 122 valence electrons. The number of para-hydroxylation sites is 1. The lowest BCUT2D eigenvalue weighted by molar-refractivity contribution is -0.117. The van der Waals surface area contributed by atoms with Gasteiger partial charge in [-0.3, -0.25) is 9.59 Å². The first-order valence-electron chi connectivity index (χ1n) is 7.38. The second-order valence-electron chi connectivity index (χ2n) is 5.41. The number of hydrogen-bond acceptors (Lipinski definition) is 5. The average molecular weight is 340 g/mol. The van der Waals surface area contributed by atoms with Gasteiger partial charge in [0.15, 0.2) is 5.16 Å². The molecule has 1 amide bonds. The largest absolute Gasteiger partial charge is 0.369 e. The van der Waals surface area contributed by atoms with Crippen molar-refractivity contribution in [2.24, 2.45) is 5.73 Å². The molecule has 0 aliphatic heterocycles. The van der Waals surface area contributed by atoms with Gasteiger partial charge in [0.05, 0.1) is 16.2 Å². The Bertz CT molecular complexity index is 984. The summed E-state index contributed by atoms with van der Waals surface area (Å²) < 4.78 is 1.43. The van der Waals surface area contributed by atoms with Gasteiger partial charge in [-0.05, 0) is 43.7 Å². The van der Waals surface area contributed by atoms with E-state index in [-0.39, 0.29) is 5.56 Å². The maximum atomic E-state index is 13.0. The molecule has 0 bridgehead atoms. The summed E-state index contributed by atoms with van der Waals surface area (Å²) in [5, 5.41) is 0.370. The highest BCUT2D eigenvalue weighted by atomic mass is 32.2. The Kier molecular flexibility index (Phi) is 4.35. The van der Waals surface area contributed by atoms with Gasteiger partial charge in [-0.1, -0.05) is 23.9 Å². The summed E-state index contributed by atoms with van der Waals surface area (Å²) >= 11 is 1.15. The molecule has 6 nitrogen and oxygen atoms in total. The number of nitrogens with zero attached hydrogens (tertiary/aromatic N) is 3. The third-order valence-electron chi connectivity index (χ3n) is 3.56. The molecule has 3 rings (SSSR count). The van der Waals surface area contributed by atoms with E-state index >= 15 is 0 Å². The highest BCUT2D eigenvalue weighted by molar-refractivity contribution is 8.00. The van der Waals surface area contributed by atoms with Crippen LogP contribution in [0, 0.1) is 6.92 Å². The molecule has 2 N–H and O–H groups in total. The summed E-state index contributed by atoms with van der Waals surface area (Å²) in [5.74, 6) is 0.00332. The Morgan fingerprint density at radius 1 is 1.29 bits per heavy atom. The monoisotopic (exact) mass is 340 g/mol. The highest BCUT2D eigenvalue weighted by Gasteiger charge is 2.19. The van der Waals surface area contributed by atoms with E-state index in [4.69, 9.17) is 5.73 Å². The van der Waals surface area contributed by atoms with Gasteiger partial charge in [-0.25, -0.2) is 14.5 Å². The summed E-state index contributed by atoms with van der Waals surface area (Å²) in [5.41, 5.74) is 6.68. The van der Waals surface area contributed by atoms with Gasteiger partial charge in [-0.2, -0.15) is 0 Å². The van der Waals surface area contributed by atoms with Crippen LogP contribution >= 0.6 is 11.8 Å². The van der Waals surface area contributed by atoms with Crippen molar-refractivity contribution in [3.05, 3.63) is 58.5 Å². The second kappa shape index (κ2) is 6.45. The summed E-state index contributed by atoms with van der Waals surface area (Å²) in [6, 6.07) is 10.7. The van der Waals surface area contributed by atoms with Crippen LogP contribution in [0.2, 0.25) is 0 Å². The van der Waals surface area contributed by atoms with Crippen molar-refractivity contribution < 1.29 is 4.79 Å². The van der Waals surface area contributed by atoms with Gasteiger partial charge in [-0.15, -0.1) is 0 Å². The van der Waals surface area contributed by atoms with Crippen molar-refractivity contribution in [3.8, 4) is 5.82 Å². The number of hydrogen-bond donors (Lipinski definition) is 1. The first-order chi connectivity index (χ1) is 11.5. The standard InChI is InChI=1S/C17H16N4O2S/c1-10-7-8-19-14(9-10)21-16(23)12-5-3-4-6-13(12)20-17(21)24-11(2)15(18)22/h3-9,11H,1-2H3,(H2,18,22)/t11-/m1/s1. The van der Waals surface area contributed by atoms with Crippen LogP contribution in [0.1, 0.15) is 12.5 Å². The molecule has 0 aliphatic carbocycles. The van der Waals surface area contributed by atoms with E-state index in [1.54, 1.807) is 37.4 Å². The van der Waals surface area contributed by atoms with E-state index in [0.717, 1.165) is 17.3 Å². The minimum atomic E-state index is -0.519. The molecule has 2 aromatic heterocycles. The lowest BCUT2D eigenvalue weighted by atomic mass is 10.2. The van der Waals surface area contributed by atoms with Gasteiger partial charge >= 0.3 is 0 Å². The third-order valence-corrected chi connectivity index (χ3v) is 4.63. The number of aryl methyl sites for hydroxylation is 1. The maximum Gasteiger partial charge on any atom is 0.267 e. The van der Waals surface area contributed by atoms with Crippen LogP contribution in [-0.2, 0) is 4.79 Å². The van der Waals surface area contributed by atoms with Crippen LogP contribution in [0.3, 0.4) is 0 Å². The van der Waals surface area contributed by atoms with Crippen LogP contribution in [0.5, 0.6) is 0 Å². The number of carbonyl (C=O) groups is 1. The smallest absolute Gasteiger partial charge is 0.267 e. The molecule has 0 fully saturated rings. The number of amides is 1. The average Bonchev–Trinajstić information content (AvgIpc) is 2.55. The lowest BCUT2D eigenvalue weighted by Gasteiger charge is -2.14. The fourth-order valence-corrected chi connectivity index (χ4v) is 3.12. The molecule has 0 saturated carbocycles. The Morgan fingerprint density at radius 2 is 2.04 bits per heavy atom. The molecular weight excluding hydrogens is 324 g/mol. The Morgan fingerprint density at radius 3 is 2.75 bits per heavy atom. The molecule has 2 heterocycles. The Labute approximate surface area is 142 Å². The number of nitrogens with two attached hydrogens (primary N) is 1. The molecule has 24 heavy (non-hydrogen) atoms. The summed E-state index contributed by atoms with van der Waals surface area (Å²) in [6.07, 6.45) is 1.64. The van der Waals surface area contributed by atoms with Gasteiger partial charge in [0.2, 0.25) is 5.91 Å². The first kappa shape index (κ1) is 16.2. The van der Waals surface area contributed by atoms with Crippen molar-refractivity contribution in [2.45, 2.75) is 24.3 Å². The zero-order valence-electron chi connectivity index (χ0n) is 13.3. The number of thioether (sulfide) groups is 1. The van der Waals surface area contributed by atoms with Gasteiger partial charge in [0, 0.05) is 6.20 Å². The quantitative estimate of drug-likeness (QED) is 0.580. The fourth-order valence-electron chi connectivity index (χ4n) is 2.25. The van der Waals surface area contributed by atoms with Crippen LogP contribution in [0.25, 0.3) is 16.7 Å². The van der Waals surface area contributed by atoms with Crippen molar-refractivity contribution >= 4 is 28.6 Å². The topological polar surface area (TPSA) is 90.9 Å². The SMILES string of the molecule is Cc1ccnc(-n2c(S[C@H](C)C(N)=O)nc3ccccc3c2=O)c1. The molecule has 0 unspecified atom stereocenters. The zero-order valence-corrected chi connectivity index (χ0v) is 14.1. The van der Waals surface area contributed by atoms with Crippen molar-refractivity contribution in [3.63, 3.8) is 0 Å². The van der Waals surface area contributed by atoms with Crippen molar-refractivity contribution in [1.29, 1.82) is 0 Å². The molecule has 0 radical (unpaired) electrons. The van der Waals surface area contributed by atoms with E-state index in [0.29, 0.717) is 21.9 Å². The van der Waals surface area contributed by atoms with Crippen LogP contribution < -0.4 is 11.3 Å². The predicted molar refractivity (Wildman–Crippen MR) is 94.4 cm³/mol.